The van der Waals surface area contributed by atoms with Crippen molar-refractivity contribution in [2.24, 2.45) is 0 Å². The van der Waals surface area contributed by atoms with Crippen LogP contribution in [0.3, 0.4) is 0 Å². The zero-order valence-electron chi connectivity index (χ0n) is 17.3. The molecule has 0 radical (unpaired) electrons. The molecular formula is C20H28N2O6. The maximum atomic E-state index is 13.0. The van der Waals surface area contributed by atoms with Gasteiger partial charge in [0.25, 0.3) is 5.91 Å². The van der Waals surface area contributed by atoms with Crippen LogP contribution in [-0.4, -0.2) is 66.7 Å². The largest absolute Gasteiger partial charge is 0.461 e. The summed E-state index contributed by atoms with van der Waals surface area (Å²) in [5.41, 5.74) is -1.47. The molecule has 8 nitrogen and oxygen atoms in total. The molecule has 0 spiro atoms. The van der Waals surface area contributed by atoms with E-state index < -0.39 is 29.9 Å². The van der Waals surface area contributed by atoms with Gasteiger partial charge in [0.2, 0.25) is 6.29 Å². The van der Waals surface area contributed by atoms with E-state index in [4.69, 9.17) is 15.6 Å². The Kier molecular flexibility index (Phi) is 5.97. The molecule has 2 amide bonds. The third-order valence-electron chi connectivity index (χ3n) is 5.20. The van der Waals surface area contributed by atoms with Crippen LogP contribution in [0.4, 0.5) is 4.79 Å². The number of unbranched alkanes of at least 4 members (excludes halogenated alkanes) is 1. The highest BCUT2D eigenvalue weighted by atomic mass is 16.7. The van der Waals surface area contributed by atoms with Crippen molar-refractivity contribution in [1.29, 1.82) is 0 Å². The van der Waals surface area contributed by atoms with Gasteiger partial charge in [-0.05, 0) is 31.4 Å². The molecule has 0 aliphatic carbocycles. The fourth-order valence-electron chi connectivity index (χ4n) is 3.59. The van der Waals surface area contributed by atoms with Gasteiger partial charge in [-0.1, -0.05) is 25.5 Å². The predicted octanol–water partition coefficient (Wildman–Crippen LogP) is 1.91. The van der Waals surface area contributed by atoms with Crippen LogP contribution >= 0.6 is 0 Å². The van der Waals surface area contributed by atoms with Crippen molar-refractivity contribution in [2.45, 2.75) is 50.5 Å². The number of ether oxygens (including phenoxy) is 3. The van der Waals surface area contributed by atoms with Gasteiger partial charge >= 0.3 is 6.09 Å². The van der Waals surface area contributed by atoms with Gasteiger partial charge in [0, 0.05) is 20.2 Å². The van der Waals surface area contributed by atoms with Crippen LogP contribution in [0.5, 0.6) is 5.75 Å². The summed E-state index contributed by atoms with van der Waals surface area (Å²) >= 11 is 0. The van der Waals surface area contributed by atoms with Gasteiger partial charge in [-0.2, -0.15) is 0 Å². The maximum absolute atomic E-state index is 13.0. The van der Waals surface area contributed by atoms with Gasteiger partial charge in [-0.3, -0.25) is 4.79 Å². The van der Waals surface area contributed by atoms with E-state index in [-0.39, 0.29) is 24.3 Å². The number of methoxy groups -OCH3 is 1. The Morgan fingerprint density at radius 1 is 1.50 bits per heavy atom. The van der Waals surface area contributed by atoms with Crippen molar-refractivity contribution in [2.75, 3.05) is 26.8 Å². The minimum absolute atomic E-state index is 0.0535. The average molecular weight is 394 g/mol. The first kappa shape index (κ1) is 19.0. The number of aliphatic hydroxyl groups is 1. The summed E-state index contributed by atoms with van der Waals surface area (Å²) in [4.78, 5) is 26.9. The van der Waals surface area contributed by atoms with E-state index in [0.29, 0.717) is 19.6 Å². The third-order valence-corrected chi connectivity index (χ3v) is 5.20. The van der Waals surface area contributed by atoms with E-state index in [1.54, 1.807) is 24.3 Å². The first-order chi connectivity index (χ1) is 13.9. The average Bonchev–Trinajstić information content (AvgIpc) is 2.90. The van der Waals surface area contributed by atoms with E-state index >= 15 is 0 Å². The zero-order chi connectivity index (χ0) is 21.0. The van der Waals surface area contributed by atoms with E-state index in [1.807, 2.05) is 6.92 Å². The van der Waals surface area contributed by atoms with Crippen LogP contribution in [0.25, 0.3) is 0 Å². The highest BCUT2D eigenvalue weighted by molar-refractivity contribution is 5.97. The Balaban J connectivity index is 1.93. The quantitative estimate of drug-likeness (QED) is 0.758. The number of nitrogens with zero attached hydrogens (tertiary/aromatic N) is 1. The van der Waals surface area contributed by atoms with Gasteiger partial charge in [-0.25, -0.2) is 4.79 Å². The molecule has 0 aromatic heterocycles. The minimum atomic E-state index is -1.67. The van der Waals surface area contributed by atoms with Crippen LogP contribution in [0.1, 0.15) is 43.0 Å². The van der Waals surface area contributed by atoms with Crippen molar-refractivity contribution in [3.8, 4) is 5.75 Å². The number of nitrogens with one attached hydrogen (secondary N) is 1. The van der Waals surface area contributed by atoms with Crippen molar-refractivity contribution in [1.82, 2.24) is 10.2 Å². The zero-order valence-corrected chi connectivity index (χ0v) is 16.3. The fourth-order valence-corrected chi connectivity index (χ4v) is 3.59. The molecule has 154 valence electrons. The van der Waals surface area contributed by atoms with Crippen molar-refractivity contribution >= 4 is 12.0 Å². The van der Waals surface area contributed by atoms with E-state index in [1.165, 1.54) is 12.0 Å². The van der Waals surface area contributed by atoms with Crippen molar-refractivity contribution in [3.63, 3.8) is 0 Å². The molecule has 2 aliphatic heterocycles. The molecule has 2 heterocycles. The Labute approximate surface area is 166 Å². The summed E-state index contributed by atoms with van der Waals surface area (Å²) in [6, 6.07) is 5.50. The lowest BCUT2D eigenvalue weighted by Gasteiger charge is -2.42. The summed E-state index contributed by atoms with van der Waals surface area (Å²) in [5.74, 6) is -0.367. The summed E-state index contributed by atoms with van der Waals surface area (Å²) in [6.07, 6.45) is 0.679. The summed E-state index contributed by atoms with van der Waals surface area (Å²) in [7, 11) is 1.40. The Bertz CT molecular complexity index is 747. The van der Waals surface area contributed by atoms with Gasteiger partial charge in [0.1, 0.15) is 11.4 Å². The van der Waals surface area contributed by atoms with Crippen molar-refractivity contribution < 1.29 is 30.3 Å². The molecule has 0 saturated carbocycles. The molecule has 2 N–H and O–H groups in total. The molecule has 2 aliphatic rings. The molecule has 3 rings (SSSR count). The highest BCUT2D eigenvalue weighted by Crippen LogP contribution is 2.33. The van der Waals surface area contributed by atoms with Gasteiger partial charge in [-0.15, -0.1) is 0 Å². The highest BCUT2D eigenvalue weighted by Gasteiger charge is 2.50. The van der Waals surface area contributed by atoms with Gasteiger partial charge < -0.3 is 29.5 Å². The van der Waals surface area contributed by atoms with Crippen LogP contribution < -0.4 is 10.0 Å². The number of para-hydroxylation sites is 1. The van der Waals surface area contributed by atoms with Crippen LogP contribution in [0.2, 0.25) is 1.41 Å². The number of benzene rings is 1. The monoisotopic (exact) mass is 394 g/mol. The number of hydrogen-bond donors (Lipinski definition) is 2. The number of carbonyl (C=O) groups is 2. The molecule has 28 heavy (non-hydrogen) atoms. The molecule has 1 aromatic rings. The second-order valence-electron chi connectivity index (χ2n) is 7.14. The Hall–Kier alpha value is -2.32. The number of carbonyl (C=O) groups excluding carboxylic acids is 2. The lowest BCUT2D eigenvalue weighted by Crippen LogP contribution is -2.64. The van der Waals surface area contributed by atoms with Crippen LogP contribution in [0.15, 0.2) is 24.3 Å². The number of hydrogen-bond acceptors (Lipinski definition) is 6. The number of rotatable bonds is 4. The van der Waals surface area contributed by atoms with E-state index in [0.717, 1.165) is 18.2 Å². The number of likely N-dealkylation sites (tertiary alicyclic amines) is 1. The molecule has 1 fully saturated rings. The normalized spacial score (nSPS) is 28.1. The topological polar surface area (TPSA) is 97.3 Å². The standard InChI is InChI=1S/C20H28N2O6/c1-3-4-12-27-19(24)22-11-7-10-20(25)16(13-22)21-17(23)14-8-5-6-9-15(14)28-18(20)26-2/h5-6,8-9,16,18,25H,3-4,7,10-13H2,1-2H3,(H,21,23)/i/hT. The van der Waals surface area contributed by atoms with Crippen LogP contribution in [0, 0.1) is 0 Å². The molecule has 1 saturated heterocycles. The molecule has 3 atom stereocenters. The van der Waals surface area contributed by atoms with E-state index in [9.17, 15) is 14.7 Å². The molecule has 0 bridgehead atoms. The Morgan fingerprint density at radius 3 is 3.04 bits per heavy atom. The lowest BCUT2D eigenvalue weighted by molar-refractivity contribution is -0.200. The molecular weight excluding hydrogens is 364 g/mol. The molecule has 1 aromatic carbocycles. The fraction of sp³-hybridized carbons (Fsp3) is 0.600. The first-order valence-electron chi connectivity index (χ1n) is 10.1. The minimum Gasteiger partial charge on any atom is -0.461 e. The first-order valence-corrected chi connectivity index (χ1v) is 9.67. The Morgan fingerprint density at radius 2 is 2.29 bits per heavy atom. The predicted molar refractivity (Wildman–Crippen MR) is 101 cm³/mol. The second kappa shape index (κ2) is 8.79. The number of amides is 2. The summed E-state index contributed by atoms with van der Waals surface area (Å²) in [5, 5.41) is 12.3. The van der Waals surface area contributed by atoms with E-state index in [2.05, 4.69) is 0 Å². The van der Waals surface area contributed by atoms with Gasteiger partial charge in [0.05, 0.1) is 18.2 Å². The molecule has 3 unspecified atom stereocenters. The second-order valence-corrected chi connectivity index (χ2v) is 7.14. The van der Waals surface area contributed by atoms with Crippen LogP contribution in [-0.2, 0) is 9.47 Å². The summed E-state index contributed by atoms with van der Waals surface area (Å²) < 4.78 is 25.1. The smallest absolute Gasteiger partial charge is 0.409 e. The molecule has 8 heteroatoms. The third kappa shape index (κ3) is 4.07. The lowest BCUT2D eigenvalue weighted by atomic mass is 9.88. The maximum Gasteiger partial charge on any atom is 0.409 e. The van der Waals surface area contributed by atoms with Gasteiger partial charge in [0.15, 0.2) is 1.41 Å². The SMILES string of the molecule is [3H]N1C(=O)c2ccccc2OC(OC)C2(O)CCCN(C(=O)OCCCC)CC12. The summed E-state index contributed by atoms with van der Waals surface area (Å²) in [6.45, 7) is 2.60. The number of fused-ring (bicyclic) bond motifs is 2. The van der Waals surface area contributed by atoms with Crippen molar-refractivity contribution in [3.05, 3.63) is 29.8 Å².